The van der Waals surface area contributed by atoms with E-state index >= 15 is 0 Å². The minimum absolute atomic E-state index is 0.0436. The average Bonchev–Trinajstić information content (AvgIpc) is 0.920. The van der Waals surface area contributed by atoms with Crippen LogP contribution in [-0.2, 0) is 121 Å². The van der Waals surface area contributed by atoms with Crippen molar-refractivity contribution in [2.24, 2.45) is 0 Å². The molecule has 0 bridgehead atoms. The molecule has 0 aliphatic carbocycles. The number of aryl methyl sites for hydroxylation is 4. The van der Waals surface area contributed by atoms with Crippen LogP contribution in [0, 0.1) is 0 Å². The van der Waals surface area contributed by atoms with Crippen molar-refractivity contribution in [2.45, 2.75) is 334 Å². The summed E-state index contributed by atoms with van der Waals surface area (Å²) in [6, 6.07) is 14.4. The Bertz CT molecular complexity index is 3050. The van der Waals surface area contributed by atoms with Gasteiger partial charge in [0.1, 0.15) is 50.1 Å². The summed E-state index contributed by atoms with van der Waals surface area (Å²) in [7, 11) is 0. The highest BCUT2D eigenvalue weighted by molar-refractivity contribution is 5.86. The third-order valence-corrected chi connectivity index (χ3v) is 20.6. The SMILES string of the molecule is CCc1ccc(CCC(=O)COCCOCCNC(=O)COCCOCCCC(=O)CC[C@H](NC(=O)CCCCCCCCCCCCCCCCC(=O)O)C(=O)O)cc1.CCc1ccc(CCC(=O)COCCOCCNC(=O)COCCOCCCC(=O)CC[C@H](NC(=O)CCCCCCCCCCCCCCCCCCC(=O)O)C(=O)O)cc1. The quantitative estimate of drug-likeness (QED) is 0.0285. The molecule has 0 unspecified atom stereocenters. The number of nitrogens with one attached hydrogen (secondary N) is 4. The van der Waals surface area contributed by atoms with Crippen LogP contribution in [0.4, 0.5) is 0 Å². The fourth-order valence-electron chi connectivity index (χ4n) is 13.2. The van der Waals surface area contributed by atoms with Gasteiger partial charge in [-0.2, -0.15) is 0 Å². The van der Waals surface area contributed by atoms with E-state index in [0.717, 1.165) is 101 Å². The number of carboxylic acids is 4. The van der Waals surface area contributed by atoms with Gasteiger partial charge in [-0.05, 0) is 99.3 Å². The van der Waals surface area contributed by atoms with Gasteiger partial charge in [0, 0.05) is 90.5 Å². The minimum atomic E-state index is -1.15. The van der Waals surface area contributed by atoms with Crippen LogP contribution in [-0.4, -0.2) is 222 Å². The lowest BCUT2D eigenvalue weighted by atomic mass is 10.0. The van der Waals surface area contributed by atoms with E-state index in [9.17, 15) is 67.7 Å². The molecule has 0 fully saturated rings. The molecule has 2 aromatic carbocycles. The van der Waals surface area contributed by atoms with Gasteiger partial charge in [0.25, 0.3) is 0 Å². The molecule has 0 aromatic heterocycles. The van der Waals surface area contributed by atoms with Gasteiger partial charge in [-0.3, -0.25) is 47.9 Å². The molecule has 8 N–H and O–H groups in total. The maximum Gasteiger partial charge on any atom is 0.326 e. The number of Topliss-reactive ketones (excluding diaryl/α,β-unsaturated/α-hetero) is 4. The first-order valence-electron chi connectivity index (χ1n) is 46.1. The number of rotatable bonds is 88. The van der Waals surface area contributed by atoms with E-state index in [1.165, 1.54) is 114 Å². The zero-order valence-electron chi connectivity index (χ0n) is 74.4. The second-order valence-corrected chi connectivity index (χ2v) is 31.4. The van der Waals surface area contributed by atoms with Gasteiger partial charge in [-0.25, -0.2) is 9.59 Å². The zero-order chi connectivity index (χ0) is 89.2. The van der Waals surface area contributed by atoms with Crippen molar-refractivity contribution >= 4 is 70.6 Å². The number of hydrogen-bond donors (Lipinski definition) is 8. The molecule has 28 nitrogen and oxygen atoms in total. The van der Waals surface area contributed by atoms with E-state index in [1.807, 2.05) is 0 Å². The fourth-order valence-corrected chi connectivity index (χ4v) is 13.2. The molecular formula is C94H156N4O24. The number of benzene rings is 2. The summed E-state index contributed by atoms with van der Waals surface area (Å²) in [6.07, 6.45) is 40.1. The van der Waals surface area contributed by atoms with Gasteiger partial charge in [-0.15, -0.1) is 0 Å². The highest BCUT2D eigenvalue weighted by Gasteiger charge is 2.23. The van der Waals surface area contributed by atoms with Crippen LogP contribution in [0.5, 0.6) is 0 Å². The third-order valence-electron chi connectivity index (χ3n) is 20.6. The molecule has 2 aromatic rings. The predicted molar refractivity (Wildman–Crippen MR) is 469 cm³/mol. The summed E-state index contributed by atoms with van der Waals surface area (Å²) in [5, 5.41) is 46.9. The van der Waals surface area contributed by atoms with Crippen LogP contribution in [0.2, 0.25) is 0 Å². The van der Waals surface area contributed by atoms with Gasteiger partial charge < -0.3 is 79.6 Å². The van der Waals surface area contributed by atoms with Crippen molar-refractivity contribution in [3.63, 3.8) is 0 Å². The number of carbonyl (C=O) groups excluding carboxylic acids is 8. The Morgan fingerprint density at radius 3 is 0.787 bits per heavy atom. The molecule has 2 rings (SSSR count). The predicted octanol–water partition coefficient (Wildman–Crippen LogP) is 14.7. The molecule has 2 atom stereocenters. The van der Waals surface area contributed by atoms with Crippen molar-refractivity contribution in [2.75, 3.05) is 119 Å². The summed E-state index contributed by atoms with van der Waals surface area (Å²) in [4.78, 5) is 142. The van der Waals surface area contributed by atoms with Crippen molar-refractivity contribution in [1.82, 2.24) is 21.3 Å². The number of amides is 4. The van der Waals surface area contributed by atoms with E-state index in [0.29, 0.717) is 117 Å². The van der Waals surface area contributed by atoms with E-state index < -0.39 is 36.0 Å². The maximum absolute atomic E-state index is 12.4. The second kappa shape index (κ2) is 81.9. The van der Waals surface area contributed by atoms with E-state index in [2.05, 4.69) is 83.6 Å². The van der Waals surface area contributed by atoms with E-state index in [1.54, 1.807) is 0 Å². The molecule has 0 aliphatic heterocycles. The maximum atomic E-state index is 12.4. The first-order valence-corrected chi connectivity index (χ1v) is 46.1. The lowest BCUT2D eigenvalue weighted by Crippen LogP contribution is -2.41. The number of carbonyl (C=O) groups is 12. The van der Waals surface area contributed by atoms with E-state index in [4.69, 9.17) is 48.1 Å². The van der Waals surface area contributed by atoms with Gasteiger partial charge in [0.15, 0.2) is 11.6 Å². The average molecular weight is 1730 g/mol. The number of ketones is 4. The molecular weight excluding hydrogens is 1570 g/mol. The Morgan fingerprint density at radius 1 is 0.254 bits per heavy atom. The second-order valence-electron chi connectivity index (χ2n) is 31.4. The van der Waals surface area contributed by atoms with Crippen LogP contribution in [0.15, 0.2) is 48.5 Å². The molecule has 28 heteroatoms. The van der Waals surface area contributed by atoms with Crippen LogP contribution >= 0.6 is 0 Å². The molecule has 0 radical (unpaired) electrons. The summed E-state index contributed by atoms with van der Waals surface area (Å²) >= 11 is 0. The minimum Gasteiger partial charge on any atom is -0.481 e. The highest BCUT2D eigenvalue weighted by atomic mass is 16.5. The topological polar surface area (TPSA) is 408 Å². The van der Waals surface area contributed by atoms with Crippen LogP contribution < -0.4 is 21.3 Å². The fraction of sp³-hybridized carbons (Fsp3) is 0.745. The normalized spacial score (nSPS) is 11.6. The van der Waals surface area contributed by atoms with Crippen molar-refractivity contribution in [3.8, 4) is 0 Å². The number of aliphatic carboxylic acids is 4. The first-order chi connectivity index (χ1) is 59.2. The molecule has 696 valence electrons. The molecule has 0 aliphatic rings. The standard InChI is InChI=1S/C48H80N2O12.C46H76N2O12/c1-2-40-23-25-41(26-24-40)27-28-43(52)38-61-36-35-60-33-31-49-46(54)39-62-37-34-59-32-19-20-42(51)29-30-44(48(57)58)50-45(53)21-17-15-13-11-9-7-5-3-4-6-8-10-12-14-16-18-22-47(55)56;1-2-38-21-23-39(24-22-38)25-26-41(50)36-59-34-33-58-31-29-47-44(52)37-60-35-32-57-30-17-18-40(49)27-28-42(46(55)56)48-43(51)19-15-13-11-9-7-5-3-4-6-8-10-12-14-16-20-45(53)54/h23-26,44H,2-22,27-39H2,1H3,(H,49,54)(H,50,53)(H,55,56)(H,57,58);21-24,42H,2-20,25-37H2,1H3,(H,47,52)(H,48,51)(H,53,54)(H,55,56)/t44-;42-/m00/s1. The van der Waals surface area contributed by atoms with Gasteiger partial charge >= 0.3 is 23.9 Å². The van der Waals surface area contributed by atoms with Crippen molar-refractivity contribution in [3.05, 3.63) is 70.8 Å². The van der Waals surface area contributed by atoms with Gasteiger partial charge in [0.05, 0.1) is 66.1 Å². The van der Waals surface area contributed by atoms with Gasteiger partial charge in [0.2, 0.25) is 23.6 Å². The monoisotopic (exact) mass is 1730 g/mol. The lowest BCUT2D eigenvalue weighted by Gasteiger charge is -2.14. The lowest BCUT2D eigenvalue weighted by molar-refractivity contribution is -0.142. The zero-order valence-corrected chi connectivity index (χ0v) is 74.4. The smallest absolute Gasteiger partial charge is 0.326 e. The Hall–Kier alpha value is -7.44. The van der Waals surface area contributed by atoms with E-state index in [-0.39, 0.29) is 164 Å². The van der Waals surface area contributed by atoms with Crippen LogP contribution in [0.1, 0.15) is 319 Å². The Kier molecular flexibility index (Phi) is 75.5. The van der Waals surface area contributed by atoms with Crippen LogP contribution in [0.3, 0.4) is 0 Å². The molecule has 0 heterocycles. The summed E-state index contributed by atoms with van der Waals surface area (Å²) in [6.45, 7) is 8.11. The summed E-state index contributed by atoms with van der Waals surface area (Å²) < 4.78 is 43.2. The molecule has 122 heavy (non-hydrogen) atoms. The number of hydrogen-bond acceptors (Lipinski definition) is 20. The molecule has 4 amide bonds. The largest absolute Gasteiger partial charge is 0.481 e. The Balaban J connectivity index is 0.00000122. The third kappa shape index (κ3) is 75.1. The molecule has 0 spiro atoms. The Morgan fingerprint density at radius 2 is 0.508 bits per heavy atom. The number of carboxylic acid groups (broad SMARTS) is 4. The summed E-state index contributed by atoms with van der Waals surface area (Å²) in [5.41, 5.74) is 4.82. The highest BCUT2D eigenvalue weighted by Crippen LogP contribution is 2.18. The Labute approximate surface area is 728 Å². The van der Waals surface area contributed by atoms with Crippen molar-refractivity contribution in [1.29, 1.82) is 0 Å². The summed E-state index contributed by atoms with van der Waals surface area (Å²) in [5.74, 6) is -4.97. The van der Waals surface area contributed by atoms with Crippen LogP contribution in [0.25, 0.3) is 0 Å². The number of ether oxygens (including phenoxy) is 8. The number of unbranched alkanes of at least 4 members (excludes halogenated alkanes) is 28. The van der Waals surface area contributed by atoms with Crippen molar-refractivity contribution < 1.29 is 116 Å². The first kappa shape index (κ1) is 113. The molecule has 0 saturated heterocycles. The molecule has 0 saturated carbocycles. The van der Waals surface area contributed by atoms with Gasteiger partial charge in [-0.1, -0.05) is 229 Å².